The summed E-state index contributed by atoms with van der Waals surface area (Å²) in [6.07, 6.45) is 2.05. The first-order valence-electron chi connectivity index (χ1n) is 6.25. The van der Waals surface area contributed by atoms with Gasteiger partial charge in [-0.15, -0.1) is 35.5 Å². The van der Waals surface area contributed by atoms with Crippen molar-refractivity contribution < 1.29 is 4.79 Å². The van der Waals surface area contributed by atoms with Crippen molar-refractivity contribution in [2.75, 3.05) is 18.1 Å². The quantitative estimate of drug-likeness (QED) is 0.815. The van der Waals surface area contributed by atoms with Crippen LogP contribution in [0.4, 0.5) is 5.13 Å². The van der Waals surface area contributed by atoms with Gasteiger partial charge in [0.25, 0.3) is 0 Å². The van der Waals surface area contributed by atoms with Crippen molar-refractivity contribution in [1.82, 2.24) is 4.98 Å². The molecule has 3 N–H and O–H groups in total. The number of hydrogen-bond acceptors (Lipinski definition) is 5. The second kappa shape index (κ2) is 8.38. The average molecular weight is 344 g/mol. The van der Waals surface area contributed by atoms with E-state index in [9.17, 15) is 4.79 Å². The minimum Gasteiger partial charge on any atom is -0.330 e. The van der Waals surface area contributed by atoms with E-state index in [0.29, 0.717) is 11.7 Å². The highest BCUT2D eigenvalue weighted by Crippen LogP contribution is 2.26. The SMILES string of the molecule is CSc1ccc(-c2csc(NC(=O)C(C)CN)n2)cc1.Cl. The monoisotopic (exact) mass is 343 g/mol. The minimum absolute atomic E-state index is 0. The maximum absolute atomic E-state index is 11.7. The van der Waals surface area contributed by atoms with Crippen LogP contribution in [0.15, 0.2) is 34.5 Å². The van der Waals surface area contributed by atoms with Gasteiger partial charge in [-0.1, -0.05) is 19.1 Å². The number of thioether (sulfide) groups is 1. The Morgan fingerprint density at radius 2 is 2.10 bits per heavy atom. The van der Waals surface area contributed by atoms with E-state index >= 15 is 0 Å². The molecule has 21 heavy (non-hydrogen) atoms. The topological polar surface area (TPSA) is 68.0 Å². The number of hydrogen-bond donors (Lipinski definition) is 2. The van der Waals surface area contributed by atoms with Crippen molar-refractivity contribution in [3.8, 4) is 11.3 Å². The largest absolute Gasteiger partial charge is 0.330 e. The number of nitrogens with zero attached hydrogens (tertiary/aromatic N) is 1. The van der Waals surface area contributed by atoms with Crippen molar-refractivity contribution in [2.45, 2.75) is 11.8 Å². The summed E-state index contributed by atoms with van der Waals surface area (Å²) in [5, 5.41) is 5.34. The first kappa shape index (κ1) is 18.0. The average Bonchev–Trinajstić information content (AvgIpc) is 2.94. The summed E-state index contributed by atoms with van der Waals surface area (Å²) in [4.78, 5) is 17.4. The number of rotatable bonds is 5. The summed E-state index contributed by atoms with van der Waals surface area (Å²) in [5.74, 6) is -0.297. The lowest BCUT2D eigenvalue weighted by Gasteiger charge is -2.06. The number of aromatic nitrogens is 1. The highest BCUT2D eigenvalue weighted by Gasteiger charge is 2.13. The maximum Gasteiger partial charge on any atom is 0.230 e. The Balaban J connectivity index is 0.00000220. The molecule has 4 nitrogen and oxygen atoms in total. The predicted molar refractivity (Wildman–Crippen MR) is 93.4 cm³/mol. The Bertz CT molecular complexity index is 586. The van der Waals surface area contributed by atoms with Gasteiger partial charge in [0.2, 0.25) is 5.91 Å². The molecular formula is C14H18ClN3OS2. The van der Waals surface area contributed by atoms with E-state index in [2.05, 4.69) is 22.4 Å². The zero-order chi connectivity index (χ0) is 14.5. The highest BCUT2D eigenvalue weighted by molar-refractivity contribution is 7.98. The number of anilines is 1. The molecule has 0 spiro atoms. The molecule has 1 amide bonds. The van der Waals surface area contributed by atoms with Crippen molar-refractivity contribution in [2.24, 2.45) is 11.7 Å². The number of thiazole rings is 1. The molecule has 0 aliphatic heterocycles. The summed E-state index contributed by atoms with van der Waals surface area (Å²) >= 11 is 3.13. The van der Waals surface area contributed by atoms with Gasteiger partial charge < -0.3 is 11.1 Å². The second-order valence-corrected chi connectivity index (χ2v) is 6.13. The fourth-order valence-electron chi connectivity index (χ4n) is 1.56. The summed E-state index contributed by atoms with van der Waals surface area (Å²) < 4.78 is 0. The van der Waals surface area contributed by atoms with Crippen molar-refractivity contribution in [3.63, 3.8) is 0 Å². The predicted octanol–water partition coefficient (Wildman–Crippen LogP) is 3.49. The van der Waals surface area contributed by atoms with Crippen LogP contribution in [0.25, 0.3) is 11.3 Å². The molecule has 1 heterocycles. The number of amides is 1. The number of halogens is 1. The number of carbonyl (C=O) groups is 1. The molecular weight excluding hydrogens is 326 g/mol. The van der Waals surface area contributed by atoms with Gasteiger partial charge in [0.15, 0.2) is 5.13 Å². The van der Waals surface area contributed by atoms with Gasteiger partial charge in [0.05, 0.1) is 5.69 Å². The number of carbonyl (C=O) groups excluding carboxylic acids is 1. The van der Waals surface area contributed by atoms with Crippen LogP contribution < -0.4 is 11.1 Å². The molecule has 0 aliphatic carbocycles. The molecule has 1 unspecified atom stereocenters. The Morgan fingerprint density at radius 3 is 2.67 bits per heavy atom. The third-order valence-corrected chi connectivity index (χ3v) is 4.42. The standard InChI is InChI=1S/C14H17N3OS2.ClH/c1-9(7-15)13(18)17-14-16-12(8-20-14)10-3-5-11(19-2)6-4-10;/h3-6,8-9H,7,15H2,1-2H3,(H,16,17,18);1H. The molecule has 0 saturated carbocycles. The summed E-state index contributed by atoms with van der Waals surface area (Å²) in [5.41, 5.74) is 7.39. The van der Waals surface area contributed by atoms with Crippen LogP contribution >= 0.6 is 35.5 Å². The van der Waals surface area contributed by atoms with E-state index in [1.807, 2.05) is 23.8 Å². The molecule has 1 atom stereocenters. The van der Waals surface area contributed by atoms with E-state index in [1.165, 1.54) is 16.2 Å². The zero-order valence-electron chi connectivity index (χ0n) is 11.8. The lowest BCUT2D eigenvalue weighted by Crippen LogP contribution is -2.26. The van der Waals surface area contributed by atoms with E-state index in [1.54, 1.807) is 18.7 Å². The molecule has 0 bridgehead atoms. The molecule has 0 saturated heterocycles. The van der Waals surface area contributed by atoms with Crippen LogP contribution in [0.2, 0.25) is 0 Å². The van der Waals surface area contributed by atoms with Gasteiger partial charge in [-0.25, -0.2) is 4.98 Å². The highest BCUT2D eigenvalue weighted by atomic mass is 35.5. The van der Waals surface area contributed by atoms with Gasteiger partial charge in [0.1, 0.15) is 0 Å². The fourth-order valence-corrected chi connectivity index (χ4v) is 2.69. The molecule has 114 valence electrons. The summed E-state index contributed by atoms with van der Waals surface area (Å²) in [6.45, 7) is 2.13. The van der Waals surface area contributed by atoms with Crippen molar-refractivity contribution in [1.29, 1.82) is 0 Å². The molecule has 1 aromatic heterocycles. The molecule has 1 aromatic carbocycles. The van der Waals surface area contributed by atoms with E-state index < -0.39 is 0 Å². The van der Waals surface area contributed by atoms with Gasteiger partial charge in [0, 0.05) is 28.3 Å². The second-order valence-electron chi connectivity index (χ2n) is 4.39. The maximum atomic E-state index is 11.7. The lowest BCUT2D eigenvalue weighted by molar-refractivity contribution is -0.119. The van der Waals surface area contributed by atoms with E-state index in [-0.39, 0.29) is 24.2 Å². The molecule has 2 aromatic rings. The van der Waals surface area contributed by atoms with E-state index in [0.717, 1.165) is 11.3 Å². The van der Waals surface area contributed by atoms with Crippen LogP contribution in [0, 0.1) is 5.92 Å². The molecule has 7 heteroatoms. The number of benzene rings is 1. The van der Waals surface area contributed by atoms with Gasteiger partial charge in [-0.2, -0.15) is 0 Å². The summed E-state index contributed by atoms with van der Waals surface area (Å²) in [6, 6.07) is 8.20. The van der Waals surface area contributed by atoms with Crippen LogP contribution in [0.5, 0.6) is 0 Å². The van der Waals surface area contributed by atoms with Crippen molar-refractivity contribution >= 4 is 46.5 Å². The van der Waals surface area contributed by atoms with Crippen LogP contribution in [0.3, 0.4) is 0 Å². The number of nitrogens with two attached hydrogens (primary N) is 1. The molecule has 0 fully saturated rings. The van der Waals surface area contributed by atoms with E-state index in [4.69, 9.17) is 5.73 Å². The van der Waals surface area contributed by atoms with Gasteiger partial charge in [-0.05, 0) is 18.4 Å². The lowest BCUT2D eigenvalue weighted by atomic mass is 10.2. The Kier molecular flexibility index (Phi) is 7.17. The first-order valence-corrected chi connectivity index (χ1v) is 8.35. The first-order chi connectivity index (χ1) is 9.63. The van der Waals surface area contributed by atoms with Crippen LogP contribution in [0.1, 0.15) is 6.92 Å². The fraction of sp³-hybridized carbons (Fsp3) is 0.286. The third kappa shape index (κ3) is 4.71. The Labute approximate surface area is 139 Å². The smallest absolute Gasteiger partial charge is 0.230 e. The third-order valence-electron chi connectivity index (χ3n) is 2.92. The Morgan fingerprint density at radius 1 is 1.43 bits per heavy atom. The Hall–Kier alpha value is -1.08. The van der Waals surface area contributed by atoms with Gasteiger partial charge in [-0.3, -0.25) is 4.79 Å². The number of nitrogens with one attached hydrogen (secondary N) is 1. The summed E-state index contributed by atoms with van der Waals surface area (Å²) in [7, 11) is 0. The minimum atomic E-state index is -0.205. The molecule has 0 radical (unpaired) electrons. The zero-order valence-corrected chi connectivity index (χ0v) is 14.3. The van der Waals surface area contributed by atoms with Gasteiger partial charge >= 0.3 is 0 Å². The molecule has 0 aliphatic rings. The van der Waals surface area contributed by atoms with Crippen LogP contribution in [-0.4, -0.2) is 23.7 Å². The normalized spacial score (nSPS) is 11.6. The van der Waals surface area contributed by atoms with Crippen molar-refractivity contribution in [3.05, 3.63) is 29.6 Å². The van der Waals surface area contributed by atoms with Crippen LogP contribution in [-0.2, 0) is 4.79 Å². The molecule has 2 rings (SSSR count).